The van der Waals surface area contributed by atoms with Crippen molar-refractivity contribution in [2.45, 2.75) is 57.0 Å². The molecule has 2 saturated heterocycles. The van der Waals surface area contributed by atoms with Crippen LogP contribution < -0.4 is 5.32 Å². The van der Waals surface area contributed by atoms with E-state index in [-0.39, 0.29) is 18.8 Å². The van der Waals surface area contributed by atoms with Gasteiger partial charge in [-0.3, -0.25) is 4.99 Å². The van der Waals surface area contributed by atoms with Gasteiger partial charge >= 0.3 is 6.18 Å². The first-order valence-electron chi connectivity index (χ1n) is 9.66. The van der Waals surface area contributed by atoms with Crippen molar-refractivity contribution in [3.05, 3.63) is 16.1 Å². The van der Waals surface area contributed by atoms with Gasteiger partial charge in [0.25, 0.3) is 0 Å². The summed E-state index contributed by atoms with van der Waals surface area (Å²) in [6.45, 7) is 3.30. The summed E-state index contributed by atoms with van der Waals surface area (Å²) in [6, 6.07) is 0. The Labute approximate surface area is 167 Å². The maximum atomic E-state index is 12.6. The Morgan fingerprint density at radius 1 is 1.36 bits per heavy atom. The predicted molar refractivity (Wildman–Crippen MR) is 101 cm³/mol. The van der Waals surface area contributed by atoms with Gasteiger partial charge in [-0.1, -0.05) is 0 Å². The minimum Gasteiger partial charge on any atom is -0.376 e. The van der Waals surface area contributed by atoms with Gasteiger partial charge in [0.1, 0.15) is 5.01 Å². The molecule has 2 aliphatic heterocycles. The van der Waals surface area contributed by atoms with Gasteiger partial charge in [-0.05, 0) is 32.1 Å². The Kier molecular flexibility index (Phi) is 7.53. The highest BCUT2D eigenvalue weighted by molar-refractivity contribution is 7.09. The topological polar surface area (TPSA) is 59.0 Å². The molecule has 0 aromatic carbocycles. The molecule has 1 unspecified atom stereocenters. The summed E-state index contributed by atoms with van der Waals surface area (Å²) in [5, 5.41) is 4.54. The van der Waals surface area contributed by atoms with Crippen LogP contribution in [0.1, 0.15) is 42.8 Å². The van der Waals surface area contributed by atoms with Crippen LogP contribution in [-0.4, -0.2) is 61.4 Å². The fraction of sp³-hybridized carbons (Fsp3) is 0.778. The fourth-order valence-electron chi connectivity index (χ4n) is 3.43. The lowest BCUT2D eigenvalue weighted by Crippen LogP contribution is -2.47. The molecule has 0 bridgehead atoms. The first-order chi connectivity index (χ1) is 13.5. The van der Waals surface area contributed by atoms with Gasteiger partial charge in [0.15, 0.2) is 11.7 Å². The highest BCUT2D eigenvalue weighted by atomic mass is 32.1. The lowest BCUT2D eigenvalue weighted by atomic mass is 10.1. The quantitative estimate of drug-likeness (QED) is 0.585. The van der Waals surface area contributed by atoms with Gasteiger partial charge in [0, 0.05) is 32.1 Å². The van der Waals surface area contributed by atoms with Crippen molar-refractivity contribution in [1.29, 1.82) is 0 Å². The maximum Gasteiger partial charge on any atom is 0.434 e. The number of aromatic nitrogens is 1. The Bertz CT molecular complexity index is 639. The summed E-state index contributed by atoms with van der Waals surface area (Å²) in [6.07, 6.45) is 1.24. The van der Waals surface area contributed by atoms with Crippen molar-refractivity contribution in [1.82, 2.24) is 15.2 Å². The molecule has 2 aliphatic rings. The Hall–Kier alpha value is -1.39. The van der Waals surface area contributed by atoms with Gasteiger partial charge < -0.3 is 19.7 Å². The first kappa shape index (κ1) is 21.3. The van der Waals surface area contributed by atoms with E-state index in [1.807, 2.05) is 0 Å². The summed E-state index contributed by atoms with van der Waals surface area (Å²) in [7, 11) is 1.67. The highest BCUT2D eigenvalue weighted by Gasteiger charge is 2.33. The van der Waals surface area contributed by atoms with E-state index in [9.17, 15) is 13.2 Å². The number of hydrogen-bond donors (Lipinski definition) is 1. The number of guanidine groups is 1. The minimum atomic E-state index is -4.40. The molecule has 1 N–H and O–H groups in total. The Morgan fingerprint density at radius 2 is 2.14 bits per heavy atom. The molecule has 0 aliphatic carbocycles. The second-order valence-electron chi connectivity index (χ2n) is 7.03. The second kappa shape index (κ2) is 9.89. The molecular formula is C18H27F3N4O2S. The van der Waals surface area contributed by atoms with Crippen LogP contribution in [0.4, 0.5) is 13.2 Å². The van der Waals surface area contributed by atoms with E-state index in [1.54, 1.807) is 7.05 Å². The third-order valence-electron chi connectivity index (χ3n) is 4.99. The van der Waals surface area contributed by atoms with Crippen LogP contribution in [-0.2, 0) is 22.2 Å². The largest absolute Gasteiger partial charge is 0.434 e. The number of likely N-dealkylation sites (tertiary alicyclic amines) is 1. The van der Waals surface area contributed by atoms with Crippen LogP contribution in [0.15, 0.2) is 10.4 Å². The molecule has 28 heavy (non-hydrogen) atoms. The summed E-state index contributed by atoms with van der Waals surface area (Å²) < 4.78 is 49.7. The molecule has 3 rings (SSSR count). The summed E-state index contributed by atoms with van der Waals surface area (Å²) in [4.78, 5) is 10.00. The monoisotopic (exact) mass is 420 g/mol. The third-order valence-corrected chi connectivity index (χ3v) is 5.83. The standard InChI is InChI=1S/C18H27F3N4O2S/c1-22-17(23-10-16-24-15(12-28-16)18(19,20)21)25-7-5-13(6-8-25)27-11-14-4-2-3-9-26-14/h12-14H,2-11H2,1H3,(H,22,23). The van der Waals surface area contributed by atoms with Gasteiger partial charge in [-0.25, -0.2) is 4.98 Å². The van der Waals surface area contributed by atoms with Gasteiger partial charge in [0.05, 0.1) is 25.4 Å². The number of aliphatic imine (C=N–C) groups is 1. The van der Waals surface area contributed by atoms with Crippen LogP contribution in [0, 0.1) is 0 Å². The smallest absolute Gasteiger partial charge is 0.376 e. The van der Waals surface area contributed by atoms with Crippen molar-refractivity contribution < 1.29 is 22.6 Å². The molecule has 10 heteroatoms. The van der Waals surface area contributed by atoms with Crippen molar-refractivity contribution in [3.63, 3.8) is 0 Å². The van der Waals surface area contributed by atoms with Crippen LogP contribution in [0.5, 0.6) is 0 Å². The molecule has 0 amide bonds. The highest BCUT2D eigenvalue weighted by Crippen LogP contribution is 2.30. The molecular weight excluding hydrogens is 393 g/mol. The minimum absolute atomic E-state index is 0.216. The first-order valence-corrected chi connectivity index (χ1v) is 10.5. The predicted octanol–water partition coefficient (Wildman–Crippen LogP) is 3.29. The molecule has 0 saturated carbocycles. The van der Waals surface area contributed by atoms with Crippen LogP contribution in [0.25, 0.3) is 0 Å². The summed E-state index contributed by atoms with van der Waals surface area (Å²) >= 11 is 0.997. The molecule has 6 nitrogen and oxygen atoms in total. The molecule has 158 valence electrons. The van der Waals surface area contributed by atoms with E-state index in [1.165, 1.54) is 6.42 Å². The zero-order valence-electron chi connectivity index (χ0n) is 16.0. The summed E-state index contributed by atoms with van der Waals surface area (Å²) in [5.74, 6) is 0.679. The zero-order chi connectivity index (χ0) is 20.0. The number of nitrogens with one attached hydrogen (secondary N) is 1. The lowest BCUT2D eigenvalue weighted by molar-refractivity contribution is -0.140. The molecule has 1 aromatic heterocycles. The Morgan fingerprint density at radius 3 is 2.75 bits per heavy atom. The fourth-order valence-corrected chi connectivity index (χ4v) is 4.17. The van der Waals surface area contributed by atoms with Crippen molar-refractivity contribution in [2.24, 2.45) is 4.99 Å². The number of nitrogens with zero attached hydrogens (tertiary/aromatic N) is 3. The number of hydrogen-bond acceptors (Lipinski definition) is 5. The van der Waals surface area contributed by atoms with E-state index in [0.29, 0.717) is 17.6 Å². The SMILES string of the molecule is CN=C(NCc1nc(C(F)(F)F)cs1)N1CCC(OCC2CCCCO2)CC1. The third kappa shape index (κ3) is 6.05. The second-order valence-corrected chi connectivity index (χ2v) is 7.98. The van der Waals surface area contributed by atoms with Gasteiger partial charge in [0.2, 0.25) is 0 Å². The molecule has 1 aromatic rings. The number of alkyl halides is 3. The molecule has 0 radical (unpaired) electrons. The number of piperidine rings is 1. The Balaban J connectivity index is 1.40. The number of rotatable bonds is 5. The molecule has 1 atom stereocenters. The molecule has 2 fully saturated rings. The van der Waals surface area contributed by atoms with E-state index in [4.69, 9.17) is 9.47 Å². The zero-order valence-corrected chi connectivity index (χ0v) is 16.8. The number of ether oxygens (including phenoxy) is 2. The van der Waals surface area contributed by atoms with Crippen LogP contribution in [0.3, 0.4) is 0 Å². The molecule has 0 spiro atoms. The average Bonchev–Trinajstić information content (AvgIpc) is 3.18. The normalized spacial score (nSPS) is 22.5. The van der Waals surface area contributed by atoms with Crippen LogP contribution in [0.2, 0.25) is 0 Å². The van der Waals surface area contributed by atoms with Crippen molar-refractivity contribution >= 4 is 17.3 Å². The van der Waals surface area contributed by atoms with E-state index in [0.717, 1.165) is 62.1 Å². The van der Waals surface area contributed by atoms with Gasteiger partial charge in [-0.15, -0.1) is 11.3 Å². The van der Waals surface area contributed by atoms with Gasteiger partial charge in [-0.2, -0.15) is 13.2 Å². The number of thiazole rings is 1. The summed E-state index contributed by atoms with van der Waals surface area (Å²) in [5.41, 5.74) is -0.843. The van der Waals surface area contributed by atoms with E-state index < -0.39 is 11.9 Å². The molecule has 3 heterocycles. The van der Waals surface area contributed by atoms with Crippen molar-refractivity contribution in [3.8, 4) is 0 Å². The van der Waals surface area contributed by atoms with E-state index in [2.05, 4.69) is 20.2 Å². The van der Waals surface area contributed by atoms with Crippen LogP contribution >= 0.6 is 11.3 Å². The average molecular weight is 421 g/mol. The maximum absolute atomic E-state index is 12.6. The number of halogens is 3. The van der Waals surface area contributed by atoms with E-state index >= 15 is 0 Å². The lowest BCUT2D eigenvalue weighted by Gasteiger charge is -2.35. The van der Waals surface area contributed by atoms with Crippen molar-refractivity contribution in [2.75, 3.05) is 33.4 Å².